The van der Waals surface area contributed by atoms with Crippen LogP contribution >= 0.6 is 0 Å². The van der Waals surface area contributed by atoms with Gasteiger partial charge in [0.15, 0.2) is 5.76 Å². The summed E-state index contributed by atoms with van der Waals surface area (Å²) in [4.78, 5) is 66.1. The summed E-state index contributed by atoms with van der Waals surface area (Å²) in [6, 6.07) is 4.98. The maximum atomic E-state index is 14.5. The van der Waals surface area contributed by atoms with Crippen molar-refractivity contribution in [3.05, 3.63) is 65.5 Å². The molecule has 14 nitrogen and oxygen atoms in total. The Bertz CT molecular complexity index is 2120. The van der Waals surface area contributed by atoms with Crippen LogP contribution in [0.2, 0.25) is 0 Å². The molecule has 0 spiro atoms. The summed E-state index contributed by atoms with van der Waals surface area (Å²) >= 11 is 0. The lowest BCUT2D eigenvalue weighted by Crippen LogP contribution is -2.58. The molecule has 3 aromatic rings. The molecule has 2 saturated carbocycles. The van der Waals surface area contributed by atoms with Gasteiger partial charge in [0.25, 0.3) is 11.8 Å². The largest absolute Gasteiger partial charge is 0.471 e. The molecule has 3 N–H and O–H groups in total. The van der Waals surface area contributed by atoms with E-state index in [4.69, 9.17) is 9.15 Å². The fraction of sp³-hybridized carbons (Fsp3) is 0.514. The summed E-state index contributed by atoms with van der Waals surface area (Å²) in [5, 5.41) is 5.65. The Kier molecular flexibility index (Phi) is 9.53. The summed E-state index contributed by atoms with van der Waals surface area (Å²) in [5.41, 5.74) is -0.407. The molecule has 2 aliphatic heterocycles. The number of furan rings is 1. The molecular weight excluding hydrogens is 708 g/mol. The van der Waals surface area contributed by atoms with Crippen LogP contribution in [0.5, 0.6) is 5.88 Å². The van der Waals surface area contributed by atoms with Gasteiger partial charge in [-0.3, -0.25) is 23.9 Å². The minimum Gasteiger partial charge on any atom is -0.471 e. The molecule has 1 saturated heterocycles. The Morgan fingerprint density at radius 1 is 1.08 bits per heavy atom. The van der Waals surface area contributed by atoms with Gasteiger partial charge in [-0.15, -0.1) is 0 Å². The van der Waals surface area contributed by atoms with Crippen LogP contribution < -0.4 is 20.1 Å². The highest BCUT2D eigenvalue weighted by Crippen LogP contribution is 2.47. The number of carbonyl (C=O) groups excluding carboxylic acids is 4. The van der Waals surface area contributed by atoms with E-state index in [-0.39, 0.29) is 43.0 Å². The van der Waals surface area contributed by atoms with Crippen molar-refractivity contribution >= 4 is 44.7 Å². The number of ether oxygens (including phenoxy) is 1. The predicted molar refractivity (Wildman–Crippen MR) is 189 cm³/mol. The SMILES string of the molecule is Cc1ccc(C(=O)N[C@H]2CCCCCC=C[C@@H]3C[C@@]3(C(=O)NS(=O)(=O)C3(C)CC3)NC(=O)[C@@H]3C[C@@H](Oc4nc5cc(F)ccc5nc4C)CN3C2=O)o1. The van der Waals surface area contributed by atoms with Crippen LogP contribution in [0.1, 0.15) is 86.7 Å². The second kappa shape index (κ2) is 13.8. The van der Waals surface area contributed by atoms with Crippen LogP contribution in [0, 0.1) is 25.6 Å². The van der Waals surface area contributed by atoms with Crippen LogP contribution in [0.15, 0.2) is 46.9 Å². The van der Waals surface area contributed by atoms with Crippen LogP contribution in [-0.2, 0) is 24.4 Å². The Morgan fingerprint density at radius 2 is 1.87 bits per heavy atom. The summed E-state index contributed by atoms with van der Waals surface area (Å²) in [5.74, 6) is -2.90. The quantitative estimate of drug-likeness (QED) is 0.302. The number of fused-ring (bicyclic) bond motifs is 3. The summed E-state index contributed by atoms with van der Waals surface area (Å²) in [6.45, 7) is 4.87. The minimum atomic E-state index is -4.01. The first-order valence-corrected chi connectivity index (χ1v) is 19.5. The Hall–Kier alpha value is -4.86. The van der Waals surface area contributed by atoms with E-state index in [1.165, 1.54) is 29.2 Å². The number of benzene rings is 1. The molecule has 0 unspecified atom stereocenters. The smallest absolute Gasteiger partial charge is 0.287 e. The molecule has 0 bridgehead atoms. The Balaban J connectivity index is 1.20. The number of aromatic nitrogens is 2. The van der Waals surface area contributed by atoms with Gasteiger partial charge in [-0.1, -0.05) is 25.0 Å². The highest BCUT2D eigenvalue weighted by atomic mass is 32.2. The molecule has 7 rings (SSSR count). The standard InChI is InChI=1S/C37H43FN6O8S/c1-21-11-14-30(51-21)32(46)40-27-10-8-6-4-5-7-9-23-19-37(23,35(48)43-53(49,50)36(3)15-16-36)42-31(45)29-18-25(20-44(29)34(27)47)52-33-22(2)39-26-13-12-24(38)17-28(26)41-33/h7,9,11-14,17,23,25,27,29H,4-6,8,10,15-16,18-20H2,1-3H3,(H,40,46)(H,42,45)(H,43,48)/t23-,25-,27+,29+,37-/m1/s1. The lowest BCUT2D eigenvalue weighted by atomic mass is 10.0. The number of allylic oxidation sites excluding steroid dienone is 1. The third-order valence-electron chi connectivity index (χ3n) is 10.8. The van der Waals surface area contributed by atoms with E-state index >= 15 is 0 Å². The zero-order valence-corrected chi connectivity index (χ0v) is 30.6. The zero-order chi connectivity index (χ0) is 37.7. The first-order valence-electron chi connectivity index (χ1n) is 18.0. The molecule has 16 heteroatoms. The summed E-state index contributed by atoms with van der Waals surface area (Å²) in [6.07, 6.45) is 7.05. The predicted octanol–water partition coefficient (Wildman–Crippen LogP) is 3.52. The first kappa shape index (κ1) is 36.5. The van der Waals surface area contributed by atoms with Gasteiger partial charge in [0.2, 0.25) is 27.7 Å². The van der Waals surface area contributed by atoms with Gasteiger partial charge < -0.3 is 24.7 Å². The minimum absolute atomic E-state index is 0.0213. The van der Waals surface area contributed by atoms with Crippen molar-refractivity contribution < 1.29 is 41.1 Å². The third kappa shape index (κ3) is 7.37. The van der Waals surface area contributed by atoms with Gasteiger partial charge in [-0.05, 0) is 83.6 Å². The molecule has 1 aromatic carbocycles. The maximum Gasteiger partial charge on any atom is 0.287 e. The maximum absolute atomic E-state index is 14.5. The summed E-state index contributed by atoms with van der Waals surface area (Å²) < 4.78 is 53.2. The highest BCUT2D eigenvalue weighted by molar-refractivity contribution is 7.91. The van der Waals surface area contributed by atoms with E-state index in [2.05, 4.69) is 25.3 Å². The number of hydrogen-bond acceptors (Lipinski definition) is 10. The van der Waals surface area contributed by atoms with Crippen molar-refractivity contribution in [1.82, 2.24) is 30.2 Å². The molecule has 282 valence electrons. The van der Waals surface area contributed by atoms with Crippen LogP contribution in [0.4, 0.5) is 4.39 Å². The van der Waals surface area contributed by atoms with Gasteiger partial charge >= 0.3 is 0 Å². The third-order valence-corrected chi connectivity index (χ3v) is 12.9. The van der Waals surface area contributed by atoms with Crippen molar-refractivity contribution in [2.24, 2.45) is 5.92 Å². The number of nitrogens with zero attached hydrogens (tertiary/aromatic N) is 3. The van der Waals surface area contributed by atoms with E-state index in [0.717, 1.165) is 12.8 Å². The average molecular weight is 751 g/mol. The lowest BCUT2D eigenvalue weighted by molar-refractivity contribution is -0.141. The highest BCUT2D eigenvalue weighted by Gasteiger charge is 2.63. The Labute approximate surface area is 306 Å². The second-order valence-electron chi connectivity index (χ2n) is 14.9. The van der Waals surface area contributed by atoms with Crippen LogP contribution in [-0.4, -0.2) is 81.9 Å². The lowest BCUT2D eigenvalue weighted by Gasteiger charge is -2.30. The molecule has 4 aliphatic rings. The van der Waals surface area contributed by atoms with E-state index in [1.54, 1.807) is 26.8 Å². The van der Waals surface area contributed by atoms with Crippen molar-refractivity contribution in [3.63, 3.8) is 0 Å². The van der Waals surface area contributed by atoms with Crippen molar-refractivity contribution in [2.45, 2.75) is 107 Å². The molecule has 4 amide bonds. The number of nitrogens with one attached hydrogen (secondary N) is 3. The topological polar surface area (TPSA) is 190 Å². The van der Waals surface area contributed by atoms with Gasteiger partial charge in [0.05, 0.1) is 22.3 Å². The van der Waals surface area contributed by atoms with Gasteiger partial charge in [-0.2, -0.15) is 0 Å². The zero-order valence-electron chi connectivity index (χ0n) is 29.8. The van der Waals surface area contributed by atoms with Crippen molar-refractivity contribution in [3.8, 4) is 5.88 Å². The van der Waals surface area contributed by atoms with E-state index in [1.807, 2.05) is 12.2 Å². The molecule has 4 heterocycles. The van der Waals surface area contributed by atoms with E-state index in [9.17, 15) is 32.0 Å². The number of sulfonamides is 1. The number of halogens is 1. The molecule has 0 radical (unpaired) electrons. The molecular formula is C37H43FN6O8S. The molecule has 53 heavy (non-hydrogen) atoms. The average Bonchev–Trinajstić information content (AvgIpc) is 3.91. The van der Waals surface area contributed by atoms with Crippen LogP contribution in [0.25, 0.3) is 11.0 Å². The van der Waals surface area contributed by atoms with Crippen LogP contribution in [0.3, 0.4) is 0 Å². The molecule has 3 fully saturated rings. The first-order chi connectivity index (χ1) is 25.2. The number of rotatable bonds is 7. The number of amides is 4. The van der Waals surface area contributed by atoms with Gasteiger partial charge in [0, 0.05) is 18.4 Å². The molecule has 2 aliphatic carbocycles. The monoisotopic (exact) mass is 750 g/mol. The van der Waals surface area contributed by atoms with Gasteiger partial charge in [-0.25, -0.2) is 22.8 Å². The summed E-state index contributed by atoms with van der Waals surface area (Å²) in [7, 11) is -4.01. The Morgan fingerprint density at radius 3 is 2.60 bits per heavy atom. The van der Waals surface area contributed by atoms with E-state index in [0.29, 0.717) is 42.7 Å². The molecule has 2 aromatic heterocycles. The normalized spacial score (nSPS) is 27.1. The van der Waals surface area contributed by atoms with Gasteiger partial charge in [0.1, 0.15) is 41.0 Å². The number of hydrogen-bond donors (Lipinski definition) is 3. The fourth-order valence-electron chi connectivity index (χ4n) is 7.10. The van der Waals surface area contributed by atoms with Crippen molar-refractivity contribution in [1.29, 1.82) is 0 Å². The van der Waals surface area contributed by atoms with E-state index < -0.39 is 73.9 Å². The number of carbonyl (C=O) groups is 4. The molecule has 5 atom stereocenters. The second-order valence-corrected chi connectivity index (χ2v) is 17.1. The number of aryl methyl sites for hydroxylation is 2. The fourth-order valence-corrected chi connectivity index (χ4v) is 8.41. The van der Waals surface area contributed by atoms with Crippen molar-refractivity contribution in [2.75, 3.05) is 6.54 Å².